The Morgan fingerprint density at radius 3 is 2.31 bits per heavy atom. The average Bonchev–Trinajstić information content (AvgIpc) is 3.07. The average molecular weight is 767 g/mol. The van der Waals surface area contributed by atoms with Crippen LogP contribution in [0.2, 0.25) is 5.02 Å². The van der Waals surface area contributed by atoms with Gasteiger partial charge in [0.1, 0.15) is 17.4 Å². The Bertz CT molecular complexity index is 1870. The molecule has 0 aliphatic carbocycles. The number of hydrogen-bond acceptors (Lipinski definition) is 6. The number of piperazine rings is 1. The molecule has 1 amide bonds. The zero-order chi connectivity index (χ0) is 38.2. The van der Waals surface area contributed by atoms with E-state index in [0.29, 0.717) is 17.1 Å². The summed E-state index contributed by atoms with van der Waals surface area (Å²) in [6, 6.07) is 14.1. The molecule has 1 heterocycles. The van der Waals surface area contributed by atoms with E-state index in [9.17, 15) is 30.8 Å². The Morgan fingerprint density at radius 1 is 1.10 bits per heavy atom. The third-order valence-electron chi connectivity index (χ3n) is 8.62. The largest absolute Gasteiger partial charge is 0.573 e. The topological polar surface area (TPSA) is 114 Å². The van der Waals surface area contributed by atoms with E-state index in [0.717, 1.165) is 29.8 Å². The monoisotopic (exact) mass is 766 g/mol. The molecule has 0 bridgehead atoms. The molecular formula is C37H40ClF5N4O4S. The summed E-state index contributed by atoms with van der Waals surface area (Å²) in [5, 5.41) is 6.39. The van der Waals surface area contributed by atoms with Crippen molar-refractivity contribution in [1.82, 2.24) is 14.9 Å². The predicted octanol–water partition coefficient (Wildman–Crippen LogP) is 7.29. The first-order chi connectivity index (χ1) is 24.5. The van der Waals surface area contributed by atoms with Gasteiger partial charge in [-0.05, 0) is 98.8 Å². The number of ether oxygens (including phenoxy) is 1. The molecule has 0 aromatic heterocycles. The predicted molar refractivity (Wildman–Crippen MR) is 190 cm³/mol. The number of rotatable bonds is 14. The number of alkyl halides is 3. The van der Waals surface area contributed by atoms with Gasteiger partial charge in [0.2, 0.25) is 15.9 Å². The number of amides is 1. The van der Waals surface area contributed by atoms with Gasteiger partial charge in [0.15, 0.2) is 0 Å². The number of allylic oxidation sites excluding steroid dienone is 4. The van der Waals surface area contributed by atoms with E-state index in [1.165, 1.54) is 22.5 Å². The summed E-state index contributed by atoms with van der Waals surface area (Å²) in [5.41, 5.74) is 8.10. The quantitative estimate of drug-likeness (QED) is 0.117. The smallest absolute Gasteiger partial charge is 0.406 e. The minimum absolute atomic E-state index is 0.0180. The number of nitrogens with zero attached hydrogens (tertiary/aromatic N) is 1. The summed E-state index contributed by atoms with van der Waals surface area (Å²) >= 11 is 6.10. The fourth-order valence-corrected chi connectivity index (χ4v) is 8.11. The Hall–Kier alpha value is -4.08. The summed E-state index contributed by atoms with van der Waals surface area (Å²) in [6.07, 6.45) is -1.55. The van der Waals surface area contributed by atoms with Crippen molar-refractivity contribution in [3.8, 4) is 5.75 Å². The molecule has 4 N–H and O–H groups in total. The number of sulfonamides is 1. The molecule has 0 radical (unpaired) electrons. The van der Waals surface area contributed by atoms with E-state index in [1.54, 1.807) is 56.3 Å². The number of nitrogens with one attached hydrogen (secondary N) is 2. The highest BCUT2D eigenvalue weighted by Crippen LogP contribution is 2.31. The van der Waals surface area contributed by atoms with Crippen LogP contribution in [0.25, 0.3) is 0 Å². The molecule has 8 nitrogen and oxygen atoms in total. The van der Waals surface area contributed by atoms with Gasteiger partial charge < -0.3 is 21.1 Å². The molecule has 4 unspecified atom stereocenters. The van der Waals surface area contributed by atoms with Crippen molar-refractivity contribution < 1.29 is 39.9 Å². The molecule has 1 aliphatic heterocycles. The van der Waals surface area contributed by atoms with Gasteiger partial charge in [-0.25, -0.2) is 17.2 Å². The zero-order valence-corrected chi connectivity index (χ0v) is 30.0. The number of halogens is 6. The first-order valence-electron chi connectivity index (χ1n) is 16.4. The molecule has 1 fully saturated rings. The lowest BCUT2D eigenvalue weighted by molar-refractivity contribution is -0.274. The number of benzene rings is 3. The highest BCUT2D eigenvalue weighted by atomic mass is 35.5. The van der Waals surface area contributed by atoms with Crippen molar-refractivity contribution in [1.29, 1.82) is 0 Å². The number of carbonyl (C=O) groups excluding carboxylic acids is 1. The van der Waals surface area contributed by atoms with Gasteiger partial charge in [-0.3, -0.25) is 4.79 Å². The molecule has 52 heavy (non-hydrogen) atoms. The number of nitrogens with two attached hydrogens (primary N) is 1. The van der Waals surface area contributed by atoms with E-state index < -0.39 is 63.7 Å². The van der Waals surface area contributed by atoms with Crippen LogP contribution >= 0.6 is 11.6 Å². The van der Waals surface area contributed by atoms with Gasteiger partial charge in [0.05, 0.1) is 10.9 Å². The van der Waals surface area contributed by atoms with Gasteiger partial charge in [0.25, 0.3) is 0 Å². The second kappa shape index (κ2) is 17.6. The van der Waals surface area contributed by atoms with Crippen LogP contribution in [0, 0.1) is 5.82 Å². The van der Waals surface area contributed by atoms with Crippen LogP contribution in [-0.4, -0.2) is 56.2 Å². The Labute approximate surface area is 305 Å². The first-order valence-corrected chi connectivity index (χ1v) is 18.2. The summed E-state index contributed by atoms with van der Waals surface area (Å²) in [4.78, 5) is 13.5. The van der Waals surface area contributed by atoms with Crippen LogP contribution < -0.4 is 21.1 Å². The second-order valence-corrected chi connectivity index (χ2v) is 14.6. The maximum Gasteiger partial charge on any atom is 0.573 e. The lowest BCUT2D eigenvalue weighted by Crippen LogP contribution is -2.58. The third kappa shape index (κ3) is 10.7. The first kappa shape index (κ1) is 40.7. The molecule has 4 rings (SSSR count). The van der Waals surface area contributed by atoms with Crippen LogP contribution in [0.4, 0.5) is 22.0 Å². The minimum atomic E-state index is -4.94. The maximum absolute atomic E-state index is 15.2. The van der Waals surface area contributed by atoms with Gasteiger partial charge in [-0.1, -0.05) is 48.5 Å². The molecule has 0 spiro atoms. The molecule has 280 valence electrons. The fraction of sp³-hybridized carbons (Fsp3) is 0.324. The SMILES string of the molecule is C=C(F)C(CCC1CNCC(C)N1S(=O)(=O)c1ccc(OC(F)(F)F)cc1)=C(C=CC)NC(=O)C(N)C(Cc1ccc(F)cc1)c1ccc(Cl)cc1. The van der Waals surface area contributed by atoms with Crippen LogP contribution in [0.5, 0.6) is 5.75 Å². The van der Waals surface area contributed by atoms with Crippen molar-refractivity contribution in [3.05, 3.63) is 131 Å². The van der Waals surface area contributed by atoms with E-state index in [2.05, 4.69) is 21.9 Å². The maximum atomic E-state index is 15.2. The molecule has 3 aromatic carbocycles. The van der Waals surface area contributed by atoms with E-state index in [-0.39, 0.29) is 42.0 Å². The van der Waals surface area contributed by atoms with Crippen LogP contribution in [-0.2, 0) is 21.2 Å². The number of hydrogen-bond donors (Lipinski definition) is 3. The molecule has 15 heteroatoms. The summed E-state index contributed by atoms with van der Waals surface area (Å²) in [7, 11) is -4.22. The fourth-order valence-electron chi connectivity index (χ4n) is 6.14. The molecule has 0 saturated carbocycles. The van der Waals surface area contributed by atoms with Crippen molar-refractivity contribution >= 4 is 27.5 Å². The van der Waals surface area contributed by atoms with Gasteiger partial charge >= 0.3 is 6.36 Å². The van der Waals surface area contributed by atoms with E-state index >= 15 is 4.39 Å². The van der Waals surface area contributed by atoms with Crippen molar-refractivity contribution in [2.45, 2.75) is 68.4 Å². The highest BCUT2D eigenvalue weighted by molar-refractivity contribution is 7.89. The Kier molecular flexibility index (Phi) is 13.8. The molecule has 1 saturated heterocycles. The number of carbonyl (C=O) groups is 1. The Balaban J connectivity index is 1.58. The van der Waals surface area contributed by atoms with Gasteiger partial charge in [-0.15, -0.1) is 13.2 Å². The lowest BCUT2D eigenvalue weighted by Gasteiger charge is -2.40. The lowest BCUT2D eigenvalue weighted by atomic mass is 9.85. The van der Waals surface area contributed by atoms with Crippen molar-refractivity contribution in [3.63, 3.8) is 0 Å². The minimum Gasteiger partial charge on any atom is -0.406 e. The Morgan fingerprint density at radius 2 is 1.73 bits per heavy atom. The van der Waals surface area contributed by atoms with Crippen molar-refractivity contribution in [2.24, 2.45) is 5.73 Å². The van der Waals surface area contributed by atoms with E-state index in [1.807, 2.05) is 0 Å². The third-order valence-corrected chi connectivity index (χ3v) is 11.0. The van der Waals surface area contributed by atoms with Crippen LogP contribution in [0.1, 0.15) is 43.7 Å². The highest BCUT2D eigenvalue weighted by Gasteiger charge is 2.38. The van der Waals surface area contributed by atoms with Crippen LogP contribution in [0.3, 0.4) is 0 Å². The normalized spacial score (nSPS) is 18.8. The molecule has 4 atom stereocenters. The van der Waals surface area contributed by atoms with E-state index in [4.69, 9.17) is 17.3 Å². The summed E-state index contributed by atoms with van der Waals surface area (Å²) in [6.45, 7) is 7.32. The summed E-state index contributed by atoms with van der Waals surface area (Å²) < 4.78 is 99.6. The van der Waals surface area contributed by atoms with Crippen LogP contribution in [0.15, 0.2) is 114 Å². The molecule has 3 aromatic rings. The molecular weight excluding hydrogens is 727 g/mol. The standard InChI is InChI=1S/C37H40ClF5N4O4S/c1-4-5-34(46-36(48)35(44)33(26-8-10-27(38)11-9-26)20-25-6-12-28(40)13-7-25)32(24(3)39)19-14-29-22-45-21-23(2)47(29)52(49,50)31-17-15-30(16-18-31)51-37(41,42)43/h4-13,15-18,23,29,33,35,45H,3,14,19-22,44H2,1-2H3,(H,46,48). The summed E-state index contributed by atoms with van der Waals surface area (Å²) in [5.74, 6) is -3.06. The van der Waals surface area contributed by atoms with Gasteiger partial charge in [-0.2, -0.15) is 4.31 Å². The molecule has 1 aliphatic rings. The second-order valence-electron chi connectivity index (χ2n) is 12.4. The van der Waals surface area contributed by atoms with Gasteiger partial charge in [0, 0.05) is 47.4 Å². The van der Waals surface area contributed by atoms with Crippen molar-refractivity contribution in [2.75, 3.05) is 13.1 Å². The zero-order valence-electron chi connectivity index (χ0n) is 28.5.